The van der Waals surface area contributed by atoms with E-state index in [4.69, 9.17) is 14.2 Å². The first-order chi connectivity index (χ1) is 9.03. The third-order valence-electron chi connectivity index (χ3n) is 2.51. The molecule has 0 rings (SSSR count). The minimum Gasteiger partial charge on any atom is -0.374 e. The molecular weight excluding hydrogens is 240 g/mol. The summed E-state index contributed by atoms with van der Waals surface area (Å²) in [7, 11) is 0. The van der Waals surface area contributed by atoms with E-state index in [1.165, 1.54) is 11.1 Å². The Balaban J connectivity index is 4.57. The summed E-state index contributed by atoms with van der Waals surface area (Å²) >= 11 is 0. The molecule has 0 bridgehead atoms. The fourth-order valence-electron chi connectivity index (χ4n) is 1.84. The van der Waals surface area contributed by atoms with Crippen molar-refractivity contribution in [3.8, 4) is 0 Å². The van der Waals surface area contributed by atoms with E-state index >= 15 is 0 Å². The zero-order valence-corrected chi connectivity index (χ0v) is 13.4. The normalized spacial score (nSPS) is 13.7. The van der Waals surface area contributed by atoms with Crippen LogP contribution in [0.25, 0.3) is 0 Å². The average molecular weight is 270 g/mol. The van der Waals surface area contributed by atoms with Crippen LogP contribution in [0.2, 0.25) is 0 Å². The molecule has 0 heterocycles. The van der Waals surface area contributed by atoms with Crippen LogP contribution < -0.4 is 0 Å². The van der Waals surface area contributed by atoms with Gasteiger partial charge in [-0.15, -0.1) is 0 Å². The van der Waals surface area contributed by atoms with Gasteiger partial charge in [-0.2, -0.15) is 0 Å². The van der Waals surface area contributed by atoms with Crippen LogP contribution in [0.15, 0.2) is 23.3 Å². The summed E-state index contributed by atoms with van der Waals surface area (Å²) < 4.78 is 16.8. The predicted octanol–water partition coefficient (Wildman–Crippen LogP) is 4.09. The molecule has 0 aliphatic carbocycles. The highest BCUT2D eigenvalue weighted by molar-refractivity contribution is 5.08. The van der Waals surface area contributed by atoms with Crippen molar-refractivity contribution >= 4 is 0 Å². The van der Waals surface area contributed by atoms with E-state index in [-0.39, 0.29) is 12.4 Å². The van der Waals surface area contributed by atoms with E-state index in [1.54, 1.807) is 0 Å². The van der Waals surface area contributed by atoms with Crippen LogP contribution in [0.4, 0.5) is 0 Å². The molecule has 0 amide bonds. The molecule has 0 aromatic carbocycles. The van der Waals surface area contributed by atoms with Gasteiger partial charge in [-0.3, -0.25) is 0 Å². The molecule has 0 fully saturated rings. The molecule has 3 nitrogen and oxygen atoms in total. The van der Waals surface area contributed by atoms with Crippen molar-refractivity contribution in [3.63, 3.8) is 0 Å². The Morgan fingerprint density at radius 3 is 1.79 bits per heavy atom. The number of hydrogen-bond acceptors (Lipinski definition) is 3. The van der Waals surface area contributed by atoms with E-state index in [9.17, 15) is 0 Å². The van der Waals surface area contributed by atoms with Gasteiger partial charge in [0.25, 0.3) is 0 Å². The van der Waals surface area contributed by atoms with Gasteiger partial charge in [0.15, 0.2) is 6.29 Å². The molecule has 1 unspecified atom stereocenters. The fourth-order valence-corrected chi connectivity index (χ4v) is 1.84. The van der Waals surface area contributed by atoms with Gasteiger partial charge in [0.05, 0.1) is 6.10 Å². The lowest BCUT2D eigenvalue weighted by Crippen LogP contribution is -2.16. The first kappa shape index (κ1) is 18.4. The van der Waals surface area contributed by atoms with Gasteiger partial charge >= 0.3 is 0 Å². The van der Waals surface area contributed by atoms with Gasteiger partial charge < -0.3 is 14.2 Å². The number of hydrogen-bond donors (Lipinski definition) is 0. The largest absolute Gasteiger partial charge is 0.374 e. The van der Waals surface area contributed by atoms with Gasteiger partial charge in [0, 0.05) is 19.8 Å². The quantitative estimate of drug-likeness (QED) is 0.442. The molecule has 19 heavy (non-hydrogen) atoms. The Labute approximate surface area is 118 Å². The second-order valence-corrected chi connectivity index (χ2v) is 4.73. The monoisotopic (exact) mass is 270 g/mol. The van der Waals surface area contributed by atoms with E-state index in [1.807, 2.05) is 26.8 Å². The maximum Gasteiger partial charge on any atom is 0.177 e. The molecule has 0 saturated carbocycles. The molecule has 0 saturated heterocycles. The summed E-state index contributed by atoms with van der Waals surface area (Å²) in [4.78, 5) is 0. The van der Waals surface area contributed by atoms with Crippen LogP contribution in [0.1, 0.15) is 48.0 Å². The molecule has 0 N–H and O–H groups in total. The lowest BCUT2D eigenvalue weighted by molar-refractivity contribution is -0.104. The molecule has 0 aromatic rings. The number of rotatable bonds is 10. The molecule has 0 spiro atoms. The highest BCUT2D eigenvalue weighted by Gasteiger charge is 2.09. The lowest BCUT2D eigenvalue weighted by atomic mass is 10.1. The van der Waals surface area contributed by atoms with Crippen molar-refractivity contribution in [1.29, 1.82) is 0 Å². The van der Waals surface area contributed by atoms with E-state index in [2.05, 4.69) is 26.8 Å². The molecule has 0 aromatic heterocycles. The van der Waals surface area contributed by atoms with Gasteiger partial charge in [0.1, 0.15) is 0 Å². The summed E-state index contributed by atoms with van der Waals surface area (Å²) in [5, 5.41) is 0. The highest BCUT2D eigenvalue weighted by Crippen LogP contribution is 2.13. The predicted molar refractivity (Wildman–Crippen MR) is 80.3 cm³/mol. The van der Waals surface area contributed by atoms with Crippen LogP contribution in [-0.2, 0) is 14.2 Å². The van der Waals surface area contributed by atoms with E-state index in [0.717, 1.165) is 13.0 Å². The van der Waals surface area contributed by atoms with Crippen LogP contribution in [0.3, 0.4) is 0 Å². The SMILES string of the molecule is CCOC(C=C(C)C)C/C(C)=C/C(OCC)OCC. The van der Waals surface area contributed by atoms with Crippen LogP contribution in [-0.4, -0.2) is 32.2 Å². The minimum atomic E-state index is -0.246. The maximum absolute atomic E-state index is 5.73. The summed E-state index contributed by atoms with van der Waals surface area (Å²) in [5.41, 5.74) is 2.50. The van der Waals surface area contributed by atoms with Crippen LogP contribution in [0, 0.1) is 0 Å². The molecule has 0 aliphatic rings. The zero-order chi connectivity index (χ0) is 14.7. The first-order valence-electron chi connectivity index (χ1n) is 7.20. The second kappa shape index (κ2) is 11.2. The van der Waals surface area contributed by atoms with Crippen LogP contribution in [0.5, 0.6) is 0 Å². The maximum atomic E-state index is 5.73. The third kappa shape index (κ3) is 9.88. The van der Waals surface area contributed by atoms with Crippen LogP contribution >= 0.6 is 0 Å². The standard InChI is InChI=1S/C16H30O3/c1-7-17-15(10-13(4)5)11-14(6)12-16(18-8-2)19-9-3/h10,12,15-16H,7-9,11H2,1-6H3/b14-12+. The Morgan fingerprint density at radius 2 is 1.37 bits per heavy atom. The first-order valence-corrected chi connectivity index (χ1v) is 7.20. The van der Waals surface area contributed by atoms with Gasteiger partial charge in [-0.1, -0.05) is 17.2 Å². The Hall–Kier alpha value is -0.640. The Bertz CT molecular complexity index is 272. The average Bonchev–Trinajstić information content (AvgIpc) is 2.28. The van der Waals surface area contributed by atoms with Crippen molar-refractivity contribution in [3.05, 3.63) is 23.3 Å². The molecule has 3 heteroatoms. The van der Waals surface area contributed by atoms with Crippen molar-refractivity contribution in [1.82, 2.24) is 0 Å². The number of allylic oxidation sites excluding steroid dienone is 1. The van der Waals surface area contributed by atoms with Crippen molar-refractivity contribution in [2.75, 3.05) is 19.8 Å². The molecule has 0 radical (unpaired) electrons. The minimum absolute atomic E-state index is 0.134. The topological polar surface area (TPSA) is 27.7 Å². The summed E-state index contributed by atoms with van der Waals surface area (Å²) in [6.07, 6.45) is 4.96. The Morgan fingerprint density at radius 1 is 0.842 bits per heavy atom. The smallest absolute Gasteiger partial charge is 0.177 e. The third-order valence-corrected chi connectivity index (χ3v) is 2.51. The summed E-state index contributed by atoms with van der Waals surface area (Å²) in [5.74, 6) is 0. The molecule has 112 valence electrons. The lowest BCUT2D eigenvalue weighted by Gasteiger charge is -2.17. The van der Waals surface area contributed by atoms with Crippen molar-refractivity contribution < 1.29 is 14.2 Å². The van der Waals surface area contributed by atoms with E-state index in [0.29, 0.717) is 13.2 Å². The summed E-state index contributed by atoms with van der Waals surface area (Å²) in [6, 6.07) is 0. The van der Waals surface area contributed by atoms with Crippen molar-refractivity contribution in [2.24, 2.45) is 0 Å². The van der Waals surface area contributed by atoms with Gasteiger partial charge in [-0.05, 0) is 54.0 Å². The van der Waals surface area contributed by atoms with Gasteiger partial charge in [0.2, 0.25) is 0 Å². The number of ether oxygens (including phenoxy) is 3. The van der Waals surface area contributed by atoms with E-state index < -0.39 is 0 Å². The highest BCUT2D eigenvalue weighted by atomic mass is 16.7. The molecular formula is C16H30O3. The Kier molecular flexibility index (Phi) is 10.8. The van der Waals surface area contributed by atoms with Gasteiger partial charge in [-0.25, -0.2) is 0 Å². The zero-order valence-electron chi connectivity index (χ0n) is 13.4. The van der Waals surface area contributed by atoms with Crippen molar-refractivity contribution in [2.45, 2.75) is 60.4 Å². The molecule has 1 atom stereocenters. The second-order valence-electron chi connectivity index (χ2n) is 4.73. The molecule has 0 aliphatic heterocycles. The summed E-state index contributed by atoms with van der Waals surface area (Å²) in [6.45, 7) is 14.3. The fraction of sp³-hybridized carbons (Fsp3) is 0.750.